The zero-order valence-corrected chi connectivity index (χ0v) is 12.2. The Labute approximate surface area is 109 Å². The summed E-state index contributed by atoms with van der Waals surface area (Å²) in [6, 6.07) is 0.356. The lowest BCUT2D eigenvalue weighted by molar-refractivity contribution is 0.0791. The largest absolute Gasteiger partial charge is 0.493 e. The van der Waals surface area contributed by atoms with Crippen LogP contribution in [-0.2, 0) is 4.74 Å². The Hall–Kier alpha value is -1.07. The lowest BCUT2D eigenvalue weighted by Crippen LogP contribution is -2.33. The van der Waals surface area contributed by atoms with Crippen LogP contribution >= 0.6 is 0 Å². The van der Waals surface area contributed by atoms with Crippen molar-refractivity contribution in [2.45, 2.75) is 45.9 Å². The third-order valence-corrected chi connectivity index (χ3v) is 3.07. The zero-order valence-electron chi connectivity index (χ0n) is 12.2. The minimum absolute atomic E-state index is 0.0491. The molecule has 2 unspecified atom stereocenters. The summed E-state index contributed by atoms with van der Waals surface area (Å²) in [6.45, 7) is 9.21. The molecule has 0 spiro atoms. The van der Waals surface area contributed by atoms with Gasteiger partial charge >= 0.3 is 0 Å². The molecule has 1 aromatic rings. The molecule has 0 bridgehead atoms. The molecule has 0 aliphatic rings. The van der Waals surface area contributed by atoms with Crippen LogP contribution in [0.25, 0.3) is 0 Å². The molecule has 2 atom stereocenters. The molecular weight excluding hydrogens is 230 g/mol. The van der Waals surface area contributed by atoms with Gasteiger partial charge in [-0.05, 0) is 27.3 Å². The first-order chi connectivity index (χ1) is 8.56. The standard InChI is InChI=1S/C13H25N3O2/c1-7-14-12(10(4)17-5)13-11(18-6)8-15-16(13)9(2)3/h8-10,12,14H,7H2,1-6H3. The molecule has 18 heavy (non-hydrogen) atoms. The normalized spacial score (nSPS) is 14.8. The Balaban J connectivity index is 3.19. The van der Waals surface area contributed by atoms with Crippen molar-refractivity contribution in [3.8, 4) is 5.75 Å². The Morgan fingerprint density at radius 1 is 1.33 bits per heavy atom. The Kier molecular flexibility index (Phi) is 5.62. The maximum absolute atomic E-state index is 5.46. The van der Waals surface area contributed by atoms with Crippen molar-refractivity contribution in [1.82, 2.24) is 15.1 Å². The molecule has 0 saturated heterocycles. The number of rotatable bonds is 7. The topological polar surface area (TPSA) is 48.3 Å². The maximum atomic E-state index is 5.46. The first-order valence-corrected chi connectivity index (χ1v) is 6.44. The molecule has 1 heterocycles. The van der Waals surface area contributed by atoms with Crippen LogP contribution in [0.2, 0.25) is 0 Å². The Morgan fingerprint density at radius 3 is 2.44 bits per heavy atom. The maximum Gasteiger partial charge on any atom is 0.161 e. The van der Waals surface area contributed by atoms with Crippen LogP contribution in [0, 0.1) is 0 Å². The van der Waals surface area contributed by atoms with Gasteiger partial charge in [0.15, 0.2) is 5.75 Å². The highest BCUT2D eigenvalue weighted by Crippen LogP contribution is 2.30. The minimum atomic E-state index is 0.0491. The summed E-state index contributed by atoms with van der Waals surface area (Å²) >= 11 is 0. The molecule has 104 valence electrons. The van der Waals surface area contributed by atoms with Crippen LogP contribution < -0.4 is 10.1 Å². The minimum Gasteiger partial charge on any atom is -0.493 e. The van der Waals surface area contributed by atoms with Crippen LogP contribution in [-0.4, -0.2) is 36.6 Å². The summed E-state index contributed by atoms with van der Waals surface area (Å²) in [5, 5.41) is 7.84. The fourth-order valence-corrected chi connectivity index (χ4v) is 2.06. The van der Waals surface area contributed by atoms with E-state index in [0.29, 0.717) is 0 Å². The molecule has 0 aliphatic heterocycles. The van der Waals surface area contributed by atoms with Crippen molar-refractivity contribution in [1.29, 1.82) is 0 Å². The molecule has 0 radical (unpaired) electrons. The van der Waals surface area contributed by atoms with Crippen molar-refractivity contribution in [3.05, 3.63) is 11.9 Å². The van der Waals surface area contributed by atoms with E-state index in [1.165, 1.54) is 0 Å². The van der Waals surface area contributed by atoms with Gasteiger partial charge in [-0.25, -0.2) is 0 Å². The number of hydrogen-bond acceptors (Lipinski definition) is 4. The molecule has 1 rings (SSSR count). The highest BCUT2D eigenvalue weighted by molar-refractivity contribution is 5.29. The van der Waals surface area contributed by atoms with Gasteiger partial charge in [-0.2, -0.15) is 5.10 Å². The van der Waals surface area contributed by atoms with Gasteiger partial charge in [0.1, 0.15) is 5.69 Å². The highest BCUT2D eigenvalue weighted by Gasteiger charge is 2.27. The van der Waals surface area contributed by atoms with E-state index in [4.69, 9.17) is 9.47 Å². The van der Waals surface area contributed by atoms with Gasteiger partial charge in [-0.3, -0.25) is 4.68 Å². The van der Waals surface area contributed by atoms with Crippen LogP contribution in [0.15, 0.2) is 6.20 Å². The number of hydrogen-bond donors (Lipinski definition) is 1. The molecule has 0 aliphatic carbocycles. The summed E-state index contributed by atoms with van der Waals surface area (Å²) in [5.74, 6) is 0.804. The smallest absolute Gasteiger partial charge is 0.161 e. The van der Waals surface area contributed by atoms with Crippen molar-refractivity contribution in [2.75, 3.05) is 20.8 Å². The molecule has 0 saturated carbocycles. The van der Waals surface area contributed by atoms with Crippen molar-refractivity contribution in [3.63, 3.8) is 0 Å². The van der Waals surface area contributed by atoms with Gasteiger partial charge in [0.25, 0.3) is 0 Å². The SMILES string of the molecule is CCNC(c1c(OC)cnn1C(C)C)C(C)OC. The van der Waals surface area contributed by atoms with E-state index in [-0.39, 0.29) is 18.2 Å². The van der Waals surface area contributed by atoms with Gasteiger partial charge in [0, 0.05) is 13.2 Å². The van der Waals surface area contributed by atoms with E-state index in [1.54, 1.807) is 20.4 Å². The van der Waals surface area contributed by atoms with Gasteiger partial charge in [-0.1, -0.05) is 6.92 Å². The predicted molar refractivity (Wildman–Crippen MR) is 72.1 cm³/mol. The average Bonchev–Trinajstić information content (AvgIpc) is 2.78. The fraction of sp³-hybridized carbons (Fsp3) is 0.769. The lowest BCUT2D eigenvalue weighted by Gasteiger charge is -2.26. The predicted octanol–water partition coefficient (Wildman–Crippen LogP) is 2.16. The van der Waals surface area contributed by atoms with Crippen LogP contribution in [0.3, 0.4) is 0 Å². The second kappa shape index (κ2) is 6.75. The second-order valence-corrected chi connectivity index (χ2v) is 4.61. The highest BCUT2D eigenvalue weighted by atomic mass is 16.5. The van der Waals surface area contributed by atoms with Crippen LogP contribution in [0.5, 0.6) is 5.75 Å². The van der Waals surface area contributed by atoms with Crippen LogP contribution in [0.1, 0.15) is 45.5 Å². The number of nitrogens with zero attached hydrogens (tertiary/aromatic N) is 2. The molecule has 5 heteroatoms. The third kappa shape index (κ3) is 3.03. The molecule has 0 amide bonds. The summed E-state index contributed by atoms with van der Waals surface area (Å²) in [5.41, 5.74) is 1.05. The second-order valence-electron chi connectivity index (χ2n) is 4.61. The van der Waals surface area contributed by atoms with E-state index >= 15 is 0 Å². The zero-order chi connectivity index (χ0) is 13.7. The third-order valence-electron chi connectivity index (χ3n) is 3.07. The summed E-state index contributed by atoms with van der Waals surface area (Å²) in [4.78, 5) is 0. The number of aromatic nitrogens is 2. The monoisotopic (exact) mass is 255 g/mol. The number of likely N-dealkylation sites (N-methyl/N-ethyl adjacent to an activating group) is 1. The summed E-state index contributed by atoms with van der Waals surface area (Å²) in [6.07, 6.45) is 1.82. The number of nitrogens with one attached hydrogen (secondary N) is 1. The molecule has 5 nitrogen and oxygen atoms in total. The van der Waals surface area contributed by atoms with Gasteiger partial charge < -0.3 is 14.8 Å². The first kappa shape index (κ1) is 15.0. The van der Waals surface area contributed by atoms with Gasteiger partial charge in [0.2, 0.25) is 0 Å². The quantitative estimate of drug-likeness (QED) is 0.811. The summed E-state index contributed by atoms with van der Waals surface area (Å²) < 4.78 is 12.9. The number of methoxy groups -OCH3 is 2. The van der Waals surface area contributed by atoms with E-state index in [1.807, 2.05) is 11.6 Å². The summed E-state index contributed by atoms with van der Waals surface area (Å²) in [7, 11) is 3.39. The van der Waals surface area contributed by atoms with E-state index in [2.05, 4.69) is 31.2 Å². The Bertz CT molecular complexity index is 363. The van der Waals surface area contributed by atoms with Gasteiger partial charge in [-0.15, -0.1) is 0 Å². The van der Waals surface area contributed by atoms with Crippen molar-refractivity contribution >= 4 is 0 Å². The van der Waals surface area contributed by atoms with Crippen molar-refractivity contribution in [2.24, 2.45) is 0 Å². The Morgan fingerprint density at radius 2 is 2.00 bits per heavy atom. The molecule has 0 aromatic carbocycles. The molecule has 1 N–H and O–H groups in total. The van der Waals surface area contributed by atoms with Crippen molar-refractivity contribution < 1.29 is 9.47 Å². The van der Waals surface area contributed by atoms with E-state index in [0.717, 1.165) is 18.0 Å². The first-order valence-electron chi connectivity index (χ1n) is 6.44. The van der Waals surface area contributed by atoms with E-state index in [9.17, 15) is 0 Å². The molecule has 1 aromatic heterocycles. The van der Waals surface area contributed by atoms with Gasteiger partial charge in [0.05, 0.1) is 25.5 Å². The molecular formula is C13H25N3O2. The average molecular weight is 255 g/mol. The molecule has 0 fully saturated rings. The van der Waals surface area contributed by atoms with Crippen LogP contribution in [0.4, 0.5) is 0 Å². The number of ether oxygens (including phenoxy) is 2. The lowest BCUT2D eigenvalue weighted by atomic mass is 10.1. The van der Waals surface area contributed by atoms with E-state index < -0.39 is 0 Å². The fourth-order valence-electron chi connectivity index (χ4n) is 2.06.